The highest BCUT2D eigenvalue weighted by molar-refractivity contribution is 9.10. The largest absolute Gasteiger partial charge is 0.507 e. The second-order valence-electron chi connectivity index (χ2n) is 5.36. The number of phenolic OH excluding ortho intramolecular Hbond substituents is 1. The first-order valence-electron chi connectivity index (χ1n) is 7.65. The molecular formula is C18H18BrClN2O3. The van der Waals surface area contributed by atoms with E-state index in [0.717, 1.165) is 15.8 Å². The zero-order chi connectivity index (χ0) is 18.2. The van der Waals surface area contributed by atoms with Crippen molar-refractivity contribution in [2.75, 3.05) is 6.61 Å². The van der Waals surface area contributed by atoms with Crippen LogP contribution in [-0.2, 0) is 4.79 Å². The molecule has 0 aliphatic rings. The molecule has 2 rings (SSSR count). The Morgan fingerprint density at radius 1 is 1.36 bits per heavy atom. The molecule has 0 atom stereocenters. The van der Waals surface area contributed by atoms with Gasteiger partial charge in [-0.15, -0.1) is 0 Å². The second-order valence-corrected chi connectivity index (χ2v) is 6.71. The SMILES string of the molecule is Cc1cc(Cl)ccc1OCCCC(=O)N/N=C\c1cc(Br)ccc1O. The summed E-state index contributed by atoms with van der Waals surface area (Å²) in [6.45, 7) is 2.34. The molecule has 2 aromatic rings. The number of aryl methyl sites for hydroxylation is 1. The van der Waals surface area contributed by atoms with Gasteiger partial charge in [0.05, 0.1) is 12.8 Å². The molecule has 0 aromatic heterocycles. The van der Waals surface area contributed by atoms with E-state index < -0.39 is 0 Å². The molecule has 1 amide bonds. The highest BCUT2D eigenvalue weighted by atomic mass is 79.9. The molecule has 0 spiro atoms. The van der Waals surface area contributed by atoms with Crippen LogP contribution in [0.3, 0.4) is 0 Å². The first kappa shape index (κ1) is 19.3. The molecule has 0 unspecified atom stereocenters. The first-order chi connectivity index (χ1) is 12.0. The van der Waals surface area contributed by atoms with Crippen molar-refractivity contribution in [1.82, 2.24) is 5.43 Å². The minimum absolute atomic E-state index is 0.0907. The van der Waals surface area contributed by atoms with Gasteiger partial charge in [0.25, 0.3) is 0 Å². The van der Waals surface area contributed by atoms with Crippen LogP contribution in [0.5, 0.6) is 11.5 Å². The molecule has 0 saturated carbocycles. The number of rotatable bonds is 7. The van der Waals surface area contributed by atoms with E-state index in [4.69, 9.17) is 16.3 Å². The maximum Gasteiger partial charge on any atom is 0.240 e. The molecule has 0 saturated heterocycles. The number of ether oxygens (including phenoxy) is 1. The van der Waals surface area contributed by atoms with Crippen LogP contribution in [0.1, 0.15) is 24.0 Å². The van der Waals surface area contributed by atoms with E-state index in [1.54, 1.807) is 24.3 Å². The monoisotopic (exact) mass is 424 g/mol. The molecule has 0 bridgehead atoms. The maximum atomic E-state index is 11.7. The number of amides is 1. The van der Waals surface area contributed by atoms with Gasteiger partial charge in [-0.1, -0.05) is 27.5 Å². The standard InChI is InChI=1S/C18H18BrClN2O3/c1-12-9-15(20)5-7-17(12)25-8-2-3-18(24)22-21-11-13-10-14(19)4-6-16(13)23/h4-7,9-11,23H,2-3,8H2,1H3,(H,22,24)/b21-11-. The lowest BCUT2D eigenvalue weighted by Gasteiger charge is -2.08. The van der Waals surface area contributed by atoms with E-state index in [1.807, 2.05) is 19.1 Å². The number of hydrazone groups is 1. The van der Waals surface area contributed by atoms with Crippen molar-refractivity contribution in [3.63, 3.8) is 0 Å². The van der Waals surface area contributed by atoms with Crippen LogP contribution < -0.4 is 10.2 Å². The number of hydrogen-bond donors (Lipinski definition) is 2. The van der Waals surface area contributed by atoms with Crippen molar-refractivity contribution < 1.29 is 14.6 Å². The zero-order valence-electron chi connectivity index (χ0n) is 13.6. The summed E-state index contributed by atoms with van der Waals surface area (Å²) in [5.41, 5.74) is 3.89. The topological polar surface area (TPSA) is 70.9 Å². The van der Waals surface area contributed by atoms with Crippen molar-refractivity contribution in [3.05, 3.63) is 57.0 Å². The van der Waals surface area contributed by atoms with Gasteiger partial charge in [0.1, 0.15) is 11.5 Å². The summed E-state index contributed by atoms with van der Waals surface area (Å²) in [6.07, 6.45) is 2.24. The lowest BCUT2D eigenvalue weighted by atomic mass is 10.2. The summed E-state index contributed by atoms with van der Waals surface area (Å²) in [4.78, 5) is 11.7. The van der Waals surface area contributed by atoms with E-state index >= 15 is 0 Å². The van der Waals surface area contributed by atoms with E-state index in [1.165, 1.54) is 6.21 Å². The number of nitrogens with zero attached hydrogens (tertiary/aromatic N) is 1. The number of carbonyl (C=O) groups excluding carboxylic acids is 1. The van der Waals surface area contributed by atoms with Gasteiger partial charge in [0, 0.05) is 21.5 Å². The number of hydrogen-bond acceptors (Lipinski definition) is 4. The molecule has 132 valence electrons. The predicted octanol–water partition coefficient (Wildman–Crippen LogP) is 4.43. The maximum absolute atomic E-state index is 11.7. The minimum Gasteiger partial charge on any atom is -0.507 e. The molecule has 0 fully saturated rings. The fraction of sp³-hybridized carbons (Fsp3) is 0.222. The third-order valence-corrected chi connectivity index (χ3v) is 4.05. The van der Waals surface area contributed by atoms with Gasteiger partial charge < -0.3 is 9.84 Å². The summed E-state index contributed by atoms with van der Waals surface area (Å²) in [5.74, 6) is 0.628. The van der Waals surface area contributed by atoms with Crippen molar-refractivity contribution in [3.8, 4) is 11.5 Å². The van der Waals surface area contributed by atoms with Gasteiger partial charge >= 0.3 is 0 Å². The molecule has 0 radical (unpaired) electrons. The van der Waals surface area contributed by atoms with Crippen LogP contribution in [0.15, 0.2) is 46.0 Å². The Morgan fingerprint density at radius 2 is 2.16 bits per heavy atom. The average molecular weight is 426 g/mol. The number of aromatic hydroxyl groups is 1. The summed E-state index contributed by atoms with van der Waals surface area (Å²) >= 11 is 9.20. The number of phenols is 1. The van der Waals surface area contributed by atoms with Crippen LogP contribution in [-0.4, -0.2) is 23.8 Å². The number of halogens is 2. The molecule has 25 heavy (non-hydrogen) atoms. The Labute approximate surface area is 159 Å². The van der Waals surface area contributed by atoms with Crippen molar-refractivity contribution in [1.29, 1.82) is 0 Å². The molecule has 2 N–H and O–H groups in total. The van der Waals surface area contributed by atoms with Gasteiger partial charge in [0.15, 0.2) is 0 Å². The molecule has 0 heterocycles. The Hall–Kier alpha value is -2.05. The van der Waals surface area contributed by atoms with Gasteiger partial charge in [0.2, 0.25) is 5.91 Å². The van der Waals surface area contributed by atoms with Crippen LogP contribution in [0, 0.1) is 6.92 Å². The third-order valence-electron chi connectivity index (χ3n) is 3.33. The Kier molecular flexibility index (Phi) is 7.28. The Bertz CT molecular complexity index is 781. The van der Waals surface area contributed by atoms with E-state index in [2.05, 4.69) is 26.5 Å². The van der Waals surface area contributed by atoms with Gasteiger partial charge in [-0.25, -0.2) is 5.43 Å². The van der Waals surface area contributed by atoms with Crippen LogP contribution in [0.2, 0.25) is 5.02 Å². The highest BCUT2D eigenvalue weighted by Crippen LogP contribution is 2.22. The molecule has 5 nitrogen and oxygen atoms in total. The van der Waals surface area contributed by atoms with Gasteiger partial charge in [-0.3, -0.25) is 4.79 Å². The molecule has 7 heteroatoms. The van der Waals surface area contributed by atoms with Gasteiger partial charge in [-0.2, -0.15) is 5.10 Å². The van der Waals surface area contributed by atoms with Gasteiger partial charge in [-0.05, 0) is 55.3 Å². The molecule has 0 aliphatic heterocycles. The minimum atomic E-state index is -0.220. The van der Waals surface area contributed by atoms with Crippen LogP contribution >= 0.6 is 27.5 Å². The second kappa shape index (κ2) is 9.44. The molecule has 2 aromatic carbocycles. The zero-order valence-corrected chi connectivity index (χ0v) is 16.0. The van der Waals surface area contributed by atoms with Crippen LogP contribution in [0.4, 0.5) is 0 Å². The normalized spacial score (nSPS) is 10.8. The average Bonchev–Trinajstić information content (AvgIpc) is 2.56. The lowest BCUT2D eigenvalue weighted by molar-refractivity contribution is -0.121. The smallest absolute Gasteiger partial charge is 0.240 e. The summed E-state index contributed by atoms with van der Waals surface area (Å²) in [6, 6.07) is 10.4. The van der Waals surface area contributed by atoms with Crippen molar-refractivity contribution in [2.45, 2.75) is 19.8 Å². The quantitative estimate of drug-likeness (QED) is 0.392. The fourth-order valence-electron chi connectivity index (χ4n) is 2.05. The van der Waals surface area contributed by atoms with Crippen molar-refractivity contribution in [2.24, 2.45) is 5.10 Å². The molecule has 0 aliphatic carbocycles. The number of benzene rings is 2. The lowest BCUT2D eigenvalue weighted by Crippen LogP contribution is -2.18. The first-order valence-corrected chi connectivity index (χ1v) is 8.82. The highest BCUT2D eigenvalue weighted by Gasteiger charge is 2.03. The summed E-state index contributed by atoms with van der Waals surface area (Å²) < 4.78 is 6.44. The van der Waals surface area contributed by atoms with Crippen molar-refractivity contribution >= 4 is 39.7 Å². The molecular weight excluding hydrogens is 408 g/mol. The predicted molar refractivity (Wildman–Crippen MR) is 102 cm³/mol. The van der Waals surface area contributed by atoms with E-state index in [-0.39, 0.29) is 18.1 Å². The number of nitrogens with one attached hydrogen (secondary N) is 1. The van der Waals surface area contributed by atoms with E-state index in [9.17, 15) is 9.90 Å². The number of carbonyl (C=O) groups is 1. The summed E-state index contributed by atoms with van der Waals surface area (Å²) in [5, 5.41) is 14.2. The Morgan fingerprint density at radius 3 is 2.92 bits per heavy atom. The van der Waals surface area contributed by atoms with E-state index in [0.29, 0.717) is 23.6 Å². The van der Waals surface area contributed by atoms with Crippen LogP contribution in [0.25, 0.3) is 0 Å². The third kappa shape index (κ3) is 6.40. The summed E-state index contributed by atoms with van der Waals surface area (Å²) in [7, 11) is 0. The Balaban J connectivity index is 1.72. The fourth-order valence-corrected chi connectivity index (χ4v) is 2.65.